The maximum absolute atomic E-state index is 6.01. The van der Waals surface area contributed by atoms with Crippen molar-refractivity contribution in [2.45, 2.75) is 33.2 Å². The van der Waals surface area contributed by atoms with E-state index in [0.717, 1.165) is 17.8 Å². The van der Waals surface area contributed by atoms with Crippen LogP contribution in [0.4, 0.5) is 17.5 Å². The number of nitrogen functional groups attached to an aromatic ring is 1. The van der Waals surface area contributed by atoms with E-state index in [4.69, 9.17) is 5.73 Å². The lowest BCUT2D eigenvalue weighted by Crippen LogP contribution is -2.05. The number of nitrogens with zero attached hydrogens (tertiary/aromatic N) is 4. The lowest BCUT2D eigenvalue weighted by atomic mass is 10.1. The number of nitrogens with two attached hydrogens (primary N) is 1. The molecule has 6 nitrogen and oxygen atoms in total. The Morgan fingerprint density at radius 3 is 2.82 bits per heavy atom. The Morgan fingerprint density at radius 2 is 2.09 bits per heavy atom. The first-order valence-electron chi connectivity index (χ1n) is 7.44. The first-order chi connectivity index (χ1) is 10.6. The van der Waals surface area contributed by atoms with Crippen LogP contribution in [-0.4, -0.2) is 19.5 Å². The van der Waals surface area contributed by atoms with Gasteiger partial charge in [-0.15, -0.1) is 0 Å². The van der Waals surface area contributed by atoms with Gasteiger partial charge in [0, 0.05) is 11.7 Å². The van der Waals surface area contributed by atoms with Crippen LogP contribution in [0.15, 0.2) is 30.6 Å². The fourth-order valence-electron chi connectivity index (χ4n) is 2.37. The van der Waals surface area contributed by atoms with E-state index in [-0.39, 0.29) is 6.04 Å². The fraction of sp³-hybridized carbons (Fsp3) is 0.312. The van der Waals surface area contributed by atoms with Gasteiger partial charge in [0.05, 0.1) is 6.33 Å². The molecule has 0 radical (unpaired) electrons. The van der Waals surface area contributed by atoms with Gasteiger partial charge in [-0.25, -0.2) is 4.98 Å². The maximum Gasteiger partial charge on any atom is 0.231 e. The lowest BCUT2D eigenvalue weighted by molar-refractivity contribution is 0.613. The molecule has 3 N–H and O–H groups in total. The smallest absolute Gasteiger partial charge is 0.231 e. The Bertz CT molecular complexity index is 806. The van der Waals surface area contributed by atoms with Gasteiger partial charge in [0.2, 0.25) is 5.95 Å². The van der Waals surface area contributed by atoms with E-state index in [1.807, 2.05) is 16.7 Å². The summed E-state index contributed by atoms with van der Waals surface area (Å²) in [5.74, 6) is 0.874. The van der Waals surface area contributed by atoms with Crippen LogP contribution in [0.3, 0.4) is 0 Å². The predicted molar refractivity (Wildman–Crippen MR) is 89.2 cm³/mol. The Hall–Kier alpha value is -2.63. The molecule has 0 spiro atoms. The molecule has 0 aliphatic carbocycles. The Kier molecular flexibility index (Phi) is 3.66. The van der Waals surface area contributed by atoms with Crippen LogP contribution in [-0.2, 0) is 6.42 Å². The molecule has 0 saturated carbocycles. The molecule has 3 aromatic rings. The van der Waals surface area contributed by atoms with Gasteiger partial charge >= 0.3 is 0 Å². The molecule has 0 amide bonds. The summed E-state index contributed by atoms with van der Waals surface area (Å²) < 4.78 is 1.99. The molecule has 3 rings (SSSR count). The summed E-state index contributed by atoms with van der Waals surface area (Å²) in [5, 5.41) is 3.22. The summed E-state index contributed by atoms with van der Waals surface area (Å²) in [4.78, 5) is 13.2. The molecule has 6 heteroatoms. The SMILES string of the molecule is CCc1cccc(Nc2nc(N)c3ncn(C(C)C)c3n2)c1. The number of fused-ring (bicyclic) bond motifs is 1. The second-order valence-electron chi connectivity index (χ2n) is 5.53. The summed E-state index contributed by atoms with van der Waals surface area (Å²) in [5.41, 5.74) is 9.61. The van der Waals surface area contributed by atoms with Crippen LogP contribution < -0.4 is 11.1 Å². The number of imidazole rings is 1. The summed E-state index contributed by atoms with van der Waals surface area (Å²) in [6, 6.07) is 8.45. The molecule has 0 bridgehead atoms. The van der Waals surface area contributed by atoms with Crippen molar-refractivity contribution in [3.8, 4) is 0 Å². The van der Waals surface area contributed by atoms with Crippen LogP contribution in [0.1, 0.15) is 32.4 Å². The van der Waals surface area contributed by atoms with Gasteiger partial charge in [-0.3, -0.25) is 0 Å². The van der Waals surface area contributed by atoms with Gasteiger partial charge in [0.15, 0.2) is 11.5 Å². The van der Waals surface area contributed by atoms with Gasteiger partial charge in [-0.1, -0.05) is 19.1 Å². The van der Waals surface area contributed by atoms with E-state index in [1.54, 1.807) is 6.33 Å². The zero-order chi connectivity index (χ0) is 15.7. The fourth-order valence-corrected chi connectivity index (χ4v) is 2.37. The molecule has 22 heavy (non-hydrogen) atoms. The van der Waals surface area contributed by atoms with Gasteiger partial charge in [0.25, 0.3) is 0 Å². The molecular formula is C16H20N6. The van der Waals surface area contributed by atoms with Crippen molar-refractivity contribution in [1.29, 1.82) is 0 Å². The number of hydrogen-bond donors (Lipinski definition) is 2. The van der Waals surface area contributed by atoms with Crippen molar-refractivity contribution in [3.05, 3.63) is 36.2 Å². The van der Waals surface area contributed by atoms with Crippen molar-refractivity contribution < 1.29 is 0 Å². The molecule has 0 atom stereocenters. The number of anilines is 3. The number of aromatic nitrogens is 4. The number of benzene rings is 1. The Morgan fingerprint density at radius 1 is 1.27 bits per heavy atom. The molecule has 0 saturated heterocycles. The zero-order valence-electron chi connectivity index (χ0n) is 13.0. The first-order valence-corrected chi connectivity index (χ1v) is 7.44. The predicted octanol–water partition coefficient (Wildman–Crippen LogP) is 3.30. The summed E-state index contributed by atoms with van der Waals surface area (Å²) in [7, 11) is 0. The third-order valence-corrected chi connectivity index (χ3v) is 3.60. The van der Waals surface area contributed by atoms with E-state index >= 15 is 0 Å². The second-order valence-corrected chi connectivity index (χ2v) is 5.53. The zero-order valence-corrected chi connectivity index (χ0v) is 13.0. The highest BCUT2D eigenvalue weighted by Crippen LogP contribution is 2.23. The van der Waals surface area contributed by atoms with Gasteiger partial charge in [-0.05, 0) is 38.0 Å². The van der Waals surface area contributed by atoms with Crippen LogP contribution in [0.2, 0.25) is 0 Å². The molecule has 0 unspecified atom stereocenters. The number of nitrogens with one attached hydrogen (secondary N) is 1. The molecular weight excluding hydrogens is 276 g/mol. The van der Waals surface area contributed by atoms with Crippen LogP contribution in [0, 0.1) is 0 Å². The van der Waals surface area contributed by atoms with E-state index in [1.165, 1.54) is 5.56 Å². The highest BCUT2D eigenvalue weighted by Gasteiger charge is 2.13. The van der Waals surface area contributed by atoms with Crippen molar-refractivity contribution in [3.63, 3.8) is 0 Å². The van der Waals surface area contributed by atoms with Crippen LogP contribution >= 0.6 is 0 Å². The van der Waals surface area contributed by atoms with E-state index in [9.17, 15) is 0 Å². The normalized spacial score (nSPS) is 11.3. The molecule has 1 aromatic carbocycles. The first kappa shape index (κ1) is 14.3. The number of rotatable bonds is 4. The molecule has 2 aromatic heterocycles. The molecule has 0 fully saturated rings. The van der Waals surface area contributed by atoms with E-state index < -0.39 is 0 Å². The second kappa shape index (κ2) is 5.63. The third kappa shape index (κ3) is 2.59. The summed E-state index contributed by atoms with van der Waals surface area (Å²) in [6.45, 7) is 6.29. The third-order valence-electron chi connectivity index (χ3n) is 3.60. The van der Waals surface area contributed by atoms with Crippen molar-refractivity contribution in [2.24, 2.45) is 0 Å². The standard InChI is InChI=1S/C16H20N6/c1-4-11-6-5-7-12(8-11)19-16-20-14(17)13-15(21-16)22(9-18-13)10(2)3/h5-10H,4H2,1-3H3,(H3,17,19,20,21). The topological polar surface area (TPSA) is 81.6 Å². The molecule has 114 valence electrons. The summed E-state index contributed by atoms with van der Waals surface area (Å²) in [6.07, 6.45) is 2.74. The van der Waals surface area contributed by atoms with Crippen molar-refractivity contribution in [1.82, 2.24) is 19.5 Å². The van der Waals surface area contributed by atoms with Crippen LogP contribution in [0.5, 0.6) is 0 Å². The highest BCUT2D eigenvalue weighted by atomic mass is 15.2. The van der Waals surface area contributed by atoms with Crippen molar-refractivity contribution in [2.75, 3.05) is 11.1 Å². The highest BCUT2D eigenvalue weighted by molar-refractivity contribution is 5.83. The quantitative estimate of drug-likeness (QED) is 0.772. The molecule has 0 aliphatic rings. The van der Waals surface area contributed by atoms with E-state index in [2.05, 4.69) is 53.2 Å². The van der Waals surface area contributed by atoms with Gasteiger partial charge in [-0.2, -0.15) is 9.97 Å². The lowest BCUT2D eigenvalue weighted by Gasteiger charge is -2.10. The maximum atomic E-state index is 6.01. The number of hydrogen-bond acceptors (Lipinski definition) is 5. The number of aryl methyl sites for hydroxylation is 1. The van der Waals surface area contributed by atoms with Crippen LogP contribution in [0.25, 0.3) is 11.2 Å². The molecule has 0 aliphatic heterocycles. The van der Waals surface area contributed by atoms with Crippen molar-refractivity contribution >= 4 is 28.6 Å². The molecule has 2 heterocycles. The summed E-state index contributed by atoms with van der Waals surface area (Å²) >= 11 is 0. The van der Waals surface area contributed by atoms with Gasteiger partial charge in [0.1, 0.15) is 5.52 Å². The average molecular weight is 296 g/mol. The minimum Gasteiger partial charge on any atom is -0.382 e. The van der Waals surface area contributed by atoms with Gasteiger partial charge < -0.3 is 15.6 Å². The minimum absolute atomic E-state index is 0.260. The Balaban J connectivity index is 2.01. The average Bonchev–Trinajstić information content (AvgIpc) is 2.92. The Labute approximate surface area is 129 Å². The largest absolute Gasteiger partial charge is 0.382 e. The minimum atomic E-state index is 0.260. The monoisotopic (exact) mass is 296 g/mol. The van der Waals surface area contributed by atoms with E-state index in [0.29, 0.717) is 17.3 Å².